The Morgan fingerprint density at radius 3 is 2.93 bits per heavy atom. The fourth-order valence-corrected chi connectivity index (χ4v) is 1.26. The van der Waals surface area contributed by atoms with Gasteiger partial charge in [0, 0.05) is 12.7 Å². The summed E-state index contributed by atoms with van der Waals surface area (Å²) in [4.78, 5) is 10.9. The Kier molecular flexibility index (Phi) is 4.24. The van der Waals surface area contributed by atoms with E-state index in [1.165, 1.54) is 0 Å². The Morgan fingerprint density at radius 1 is 1.60 bits per heavy atom. The molecule has 1 amide bonds. The number of nitrogens with two attached hydrogens (primary N) is 1. The Hall–Kier alpha value is -1.42. The number of hydrogen-bond donors (Lipinski definition) is 2. The van der Waals surface area contributed by atoms with Crippen LogP contribution in [0.4, 0.5) is 5.69 Å². The summed E-state index contributed by atoms with van der Waals surface area (Å²) in [7, 11) is 1.58. The van der Waals surface area contributed by atoms with E-state index in [1.807, 2.05) is 0 Å². The van der Waals surface area contributed by atoms with Gasteiger partial charge in [0.2, 0.25) is 5.91 Å². The number of nitrogens with one attached hydrogen (secondary N) is 1. The fraction of sp³-hybridized carbons (Fsp3) is 0.300. The molecule has 0 radical (unpaired) electrons. The zero-order valence-electron chi connectivity index (χ0n) is 8.42. The van der Waals surface area contributed by atoms with Crippen molar-refractivity contribution in [1.82, 2.24) is 5.32 Å². The molecule has 3 N–H and O–H groups in total. The molecule has 0 aliphatic heterocycles. The predicted molar refractivity (Wildman–Crippen MR) is 60.0 cm³/mol. The van der Waals surface area contributed by atoms with Crippen molar-refractivity contribution in [3.05, 3.63) is 23.2 Å². The van der Waals surface area contributed by atoms with Gasteiger partial charge in [-0.1, -0.05) is 11.6 Å². The van der Waals surface area contributed by atoms with Crippen LogP contribution < -0.4 is 15.8 Å². The van der Waals surface area contributed by atoms with E-state index in [-0.39, 0.29) is 5.91 Å². The lowest BCUT2D eigenvalue weighted by molar-refractivity contribution is -0.121. The molecule has 0 saturated heterocycles. The lowest BCUT2D eigenvalue weighted by atomic mass is 10.3. The minimum Gasteiger partial charge on any atom is -0.491 e. The third kappa shape index (κ3) is 3.67. The average Bonchev–Trinajstić information content (AvgIpc) is 2.21. The molecule has 0 fully saturated rings. The van der Waals surface area contributed by atoms with Crippen LogP contribution in [-0.2, 0) is 4.79 Å². The van der Waals surface area contributed by atoms with E-state index in [4.69, 9.17) is 22.1 Å². The van der Waals surface area contributed by atoms with Gasteiger partial charge in [-0.25, -0.2) is 0 Å². The molecule has 0 heterocycles. The van der Waals surface area contributed by atoms with Gasteiger partial charge in [-0.15, -0.1) is 0 Å². The van der Waals surface area contributed by atoms with Crippen molar-refractivity contribution < 1.29 is 9.53 Å². The number of carbonyl (C=O) groups is 1. The maximum atomic E-state index is 10.9. The summed E-state index contributed by atoms with van der Waals surface area (Å²) in [6, 6.07) is 4.99. The number of nitrogen functional groups attached to an aromatic ring is 1. The Morgan fingerprint density at radius 2 is 2.33 bits per heavy atom. The molecule has 1 aromatic rings. The lowest BCUT2D eigenvalue weighted by Gasteiger charge is -2.07. The molecule has 5 heteroatoms. The highest BCUT2D eigenvalue weighted by Gasteiger charge is 2.03. The van der Waals surface area contributed by atoms with Gasteiger partial charge >= 0.3 is 0 Å². The molecule has 0 bridgehead atoms. The summed E-state index contributed by atoms with van der Waals surface area (Å²) in [6.45, 7) is 0.295. The SMILES string of the molecule is CNC(=O)CCOc1ccc(N)cc1Cl. The van der Waals surface area contributed by atoms with Crippen LogP contribution in [0, 0.1) is 0 Å². The molecule has 15 heavy (non-hydrogen) atoms. The quantitative estimate of drug-likeness (QED) is 0.767. The van der Waals surface area contributed by atoms with Gasteiger partial charge in [0.25, 0.3) is 0 Å². The molecule has 82 valence electrons. The summed E-state index contributed by atoms with van der Waals surface area (Å²) in [5.41, 5.74) is 6.10. The molecule has 0 aliphatic rings. The van der Waals surface area contributed by atoms with Gasteiger partial charge in [-0.3, -0.25) is 4.79 Å². The number of amides is 1. The van der Waals surface area contributed by atoms with E-state index in [0.717, 1.165) is 0 Å². The predicted octanol–water partition coefficient (Wildman–Crippen LogP) is 1.44. The van der Waals surface area contributed by atoms with E-state index in [9.17, 15) is 4.79 Å². The molecule has 0 aliphatic carbocycles. The van der Waals surface area contributed by atoms with Crippen molar-refractivity contribution in [2.24, 2.45) is 0 Å². The first kappa shape index (κ1) is 11.7. The summed E-state index contributed by atoms with van der Waals surface area (Å²) in [5.74, 6) is 0.469. The molecular formula is C10H13ClN2O2. The van der Waals surface area contributed by atoms with Crippen molar-refractivity contribution in [3.63, 3.8) is 0 Å². The Balaban J connectivity index is 2.47. The Labute approximate surface area is 93.4 Å². The third-order valence-electron chi connectivity index (χ3n) is 1.82. The normalized spacial score (nSPS) is 9.73. The van der Waals surface area contributed by atoms with Crippen LogP contribution in [0.2, 0.25) is 5.02 Å². The maximum absolute atomic E-state index is 10.9. The molecular weight excluding hydrogens is 216 g/mol. The zero-order valence-corrected chi connectivity index (χ0v) is 9.17. The molecule has 1 rings (SSSR count). The standard InChI is InChI=1S/C10H13ClN2O2/c1-13-10(14)4-5-15-9-3-2-7(12)6-8(9)11/h2-3,6H,4-5,12H2,1H3,(H,13,14). The third-order valence-corrected chi connectivity index (χ3v) is 2.12. The molecule has 0 aromatic heterocycles. The minimum atomic E-state index is -0.0680. The van der Waals surface area contributed by atoms with Crippen molar-refractivity contribution in [2.75, 3.05) is 19.4 Å². The van der Waals surface area contributed by atoms with E-state index >= 15 is 0 Å². The first-order valence-electron chi connectivity index (χ1n) is 4.52. The van der Waals surface area contributed by atoms with Crippen LogP contribution in [-0.4, -0.2) is 19.6 Å². The van der Waals surface area contributed by atoms with E-state index in [2.05, 4.69) is 5.32 Å². The smallest absolute Gasteiger partial charge is 0.223 e. The van der Waals surface area contributed by atoms with Crippen molar-refractivity contribution in [3.8, 4) is 5.75 Å². The topological polar surface area (TPSA) is 64.3 Å². The van der Waals surface area contributed by atoms with Gasteiger partial charge in [0.1, 0.15) is 5.75 Å². The van der Waals surface area contributed by atoms with Gasteiger partial charge in [-0.2, -0.15) is 0 Å². The number of halogens is 1. The highest BCUT2D eigenvalue weighted by atomic mass is 35.5. The summed E-state index contributed by atoms with van der Waals surface area (Å²) < 4.78 is 5.32. The second-order valence-electron chi connectivity index (χ2n) is 2.96. The molecule has 0 saturated carbocycles. The van der Waals surface area contributed by atoms with Crippen LogP contribution >= 0.6 is 11.6 Å². The number of ether oxygens (including phenoxy) is 1. The molecule has 1 aromatic carbocycles. The van der Waals surface area contributed by atoms with Crippen LogP contribution in [0.1, 0.15) is 6.42 Å². The first-order chi connectivity index (χ1) is 7.13. The zero-order chi connectivity index (χ0) is 11.3. The average molecular weight is 229 g/mol. The number of benzene rings is 1. The molecule has 0 spiro atoms. The first-order valence-corrected chi connectivity index (χ1v) is 4.89. The molecule has 0 atom stereocenters. The molecule has 0 unspecified atom stereocenters. The van der Waals surface area contributed by atoms with Gasteiger partial charge in [0.15, 0.2) is 0 Å². The van der Waals surface area contributed by atoms with Crippen molar-refractivity contribution >= 4 is 23.2 Å². The maximum Gasteiger partial charge on any atom is 0.223 e. The summed E-state index contributed by atoms with van der Waals surface area (Å²) in [5, 5.41) is 2.95. The number of rotatable bonds is 4. The number of anilines is 1. The highest BCUT2D eigenvalue weighted by molar-refractivity contribution is 6.32. The second-order valence-corrected chi connectivity index (χ2v) is 3.37. The van der Waals surface area contributed by atoms with Gasteiger partial charge in [-0.05, 0) is 18.2 Å². The fourth-order valence-electron chi connectivity index (χ4n) is 1.01. The monoisotopic (exact) mass is 228 g/mol. The summed E-state index contributed by atoms with van der Waals surface area (Å²) in [6.07, 6.45) is 0.303. The van der Waals surface area contributed by atoms with Crippen molar-refractivity contribution in [1.29, 1.82) is 0 Å². The van der Waals surface area contributed by atoms with Gasteiger partial charge < -0.3 is 15.8 Å². The minimum absolute atomic E-state index is 0.0680. The van der Waals surface area contributed by atoms with E-state index in [0.29, 0.717) is 29.5 Å². The number of carbonyl (C=O) groups excluding carboxylic acids is 1. The summed E-state index contributed by atoms with van der Waals surface area (Å²) >= 11 is 5.87. The van der Waals surface area contributed by atoms with Crippen LogP contribution in [0.3, 0.4) is 0 Å². The lowest BCUT2D eigenvalue weighted by Crippen LogP contribution is -2.20. The second kappa shape index (κ2) is 5.46. The van der Waals surface area contributed by atoms with Crippen molar-refractivity contribution in [2.45, 2.75) is 6.42 Å². The van der Waals surface area contributed by atoms with E-state index < -0.39 is 0 Å². The van der Waals surface area contributed by atoms with Crippen LogP contribution in [0.5, 0.6) is 5.75 Å². The van der Waals surface area contributed by atoms with Crippen LogP contribution in [0.25, 0.3) is 0 Å². The molecule has 4 nitrogen and oxygen atoms in total. The Bertz CT molecular complexity index is 355. The largest absolute Gasteiger partial charge is 0.491 e. The number of hydrogen-bond acceptors (Lipinski definition) is 3. The van der Waals surface area contributed by atoms with Crippen LogP contribution in [0.15, 0.2) is 18.2 Å². The van der Waals surface area contributed by atoms with E-state index in [1.54, 1.807) is 25.2 Å². The highest BCUT2D eigenvalue weighted by Crippen LogP contribution is 2.26. The van der Waals surface area contributed by atoms with Gasteiger partial charge in [0.05, 0.1) is 18.1 Å².